The lowest BCUT2D eigenvalue weighted by Crippen LogP contribution is -2.38. The number of H-pyrrole nitrogens is 1. The molecule has 22 heavy (non-hydrogen) atoms. The Morgan fingerprint density at radius 1 is 1.50 bits per heavy atom. The highest BCUT2D eigenvalue weighted by atomic mass is 16.6. The van der Waals surface area contributed by atoms with Gasteiger partial charge in [0.05, 0.1) is 24.0 Å². The van der Waals surface area contributed by atoms with Gasteiger partial charge in [-0.15, -0.1) is 0 Å². The van der Waals surface area contributed by atoms with Crippen LogP contribution in [0.3, 0.4) is 0 Å². The number of fused-ring (bicyclic) bond motifs is 1. The van der Waals surface area contributed by atoms with Crippen molar-refractivity contribution in [1.29, 1.82) is 0 Å². The molecule has 1 aromatic heterocycles. The summed E-state index contributed by atoms with van der Waals surface area (Å²) >= 11 is 0. The van der Waals surface area contributed by atoms with Gasteiger partial charge in [-0.25, -0.2) is 0 Å². The first kappa shape index (κ1) is 14.5. The molecule has 1 atom stereocenters. The molecular weight excluding hydrogens is 286 g/mol. The number of aliphatic hydroxyl groups excluding tert-OH is 1. The molecule has 0 saturated carbocycles. The predicted octanol–water partition coefficient (Wildman–Crippen LogP) is 1.60. The van der Waals surface area contributed by atoms with E-state index >= 15 is 0 Å². The van der Waals surface area contributed by atoms with Crippen molar-refractivity contribution in [3.05, 3.63) is 40.1 Å². The molecule has 3 rings (SSSR count). The van der Waals surface area contributed by atoms with Crippen LogP contribution in [-0.4, -0.2) is 45.0 Å². The Balaban J connectivity index is 1.85. The van der Waals surface area contributed by atoms with Crippen LogP contribution in [0.5, 0.6) is 0 Å². The second-order valence-corrected chi connectivity index (χ2v) is 5.54. The summed E-state index contributed by atoms with van der Waals surface area (Å²) in [7, 11) is 0. The SMILES string of the molecule is O=C(Cc1c[nH]c2ccc([N+](=O)[O-])cc12)N1CCC[C@H]1CO. The van der Waals surface area contributed by atoms with Crippen LogP contribution in [0.1, 0.15) is 18.4 Å². The fraction of sp³-hybridized carbons (Fsp3) is 0.400. The number of hydrogen-bond acceptors (Lipinski definition) is 4. The van der Waals surface area contributed by atoms with Gasteiger partial charge >= 0.3 is 0 Å². The third-order valence-corrected chi connectivity index (χ3v) is 4.21. The maximum Gasteiger partial charge on any atom is 0.270 e. The van der Waals surface area contributed by atoms with Crippen molar-refractivity contribution in [2.45, 2.75) is 25.3 Å². The van der Waals surface area contributed by atoms with Crippen LogP contribution in [0.2, 0.25) is 0 Å². The van der Waals surface area contributed by atoms with Gasteiger partial charge in [0.15, 0.2) is 0 Å². The lowest BCUT2D eigenvalue weighted by Gasteiger charge is -2.22. The Labute approximate surface area is 126 Å². The van der Waals surface area contributed by atoms with Crippen LogP contribution < -0.4 is 0 Å². The van der Waals surface area contributed by atoms with E-state index < -0.39 is 4.92 Å². The van der Waals surface area contributed by atoms with Crippen LogP contribution in [0.4, 0.5) is 5.69 Å². The second kappa shape index (κ2) is 5.76. The minimum atomic E-state index is -0.444. The Morgan fingerprint density at radius 3 is 3.05 bits per heavy atom. The highest BCUT2D eigenvalue weighted by molar-refractivity contribution is 5.90. The number of hydrogen-bond donors (Lipinski definition) is 2. The van der Waals surface area contributed by atoms with Gasteiger partial charge in [0.1, 0.15) is 0 Å². The van der Waals surface area contributed by atoms with Gasteiger partial charge in [-0.05, 0) is 24.5 Å². The molecule has 1 saturated heterocycles. The number of nitrogens with zero attached hydrogens (tertiary/aromatic N) is 2. The van der Waals surface area contributed by atoms with Gasteiger partial charge in [-0.3, -0.25) is 14.9 Å². The summed E-state index contributed by atoms with van der Waals surface area (Å²) < 4.78 is 0. The van der Waals surface area contributed by atoms with Gasteiger partial charge < -0.3 is 15.0 Å². The average Bonchev–Trinajstić information content (AvgIpc) is 3.13. The number of nitro benzene ring substituents is 1. The standard InChI is InChI=1S/C15H17N3O4/c19-9-12-2-1-5-17(12)15(20)6-10-8-16-14-4-3-11(18(21)22)7-13(10)14/h3-4,7-8,12,16,19H,1-2,5-6,9H2/t12-/m0/s1. The van der Waals surface area contributed by atoms with Crippen molar-refractivity contribution < 1.29 is 14.8 Å². The van der Waals surface area contributed by atoms with Crippen LogP contribution in [0.25, 0.3) is 10.9 Å². The number of carbonyl (C=O) groups excluding carboxylic acids is 1. The van der Waals surface area contributed by atoms with Crippen LogP contribution in [0.15, 0.2) is 24.4 Å². The van der Waals surface area contributed by atoms with E-state index in [2.05, 4.69) is 4.98 Å². The number of aromatic nitrogens is 1. The molecule has 0 unspecified atom stereocenters. The highest BCUT2D eigenvalue weighted by Crippen LogP contribution is 2.25. The van der Waals surface area contributed by atoms with E-state index in [9.17, 15) is 20.0 Å². The van der Waals surface area contributed by atoms with Gasteiger partial charge in [0, 0.05) is 35.8 Å². The normalized spacial score (nSPS) is 18.0. The molecule has 2 aromatic rings. The zero-order valence-electron chi connectivity index (χ0n) is 12.0. The predicted molar refractivity (Wildman–Crippen MR) is 80.5 cm³/mol. The van der Waals surface area contributed by atoms with E-state index in [-0.39, 0.29) is 30.7 Å². The number of benzene rings is 1. The Hall–Kier alpha value is -2.41. The fourth-order valence-corrected chi connectivity index (χ4v) is 3.04. The Morgan fingerprint density at radius 2 is 2.32 bits per heavy atom. The molecule has 1 aliphatic heterocycles. The van der Waals surface area contributed by atoms with Crippen molar-refractivity contribution in [2.75, 3.05) is 13.2 Å². The number of likely N-dealkylation sites (tertiary alicyclic amines) is 1. The molecular formula is C15H17N3O4. The molecule has 2 heterocycles. The molecule has 1 aromatic carbocycles. The molecule has 1 fully saturated rings. The molecule has 0 spiro atoms. The first-order valence-corrected chi connectivity index (χ1v) is 7.25. The fourth-order valence-electron chi connectivity index (χ4n) is 3.04. The topological polar surface area (TPSA) is 99.5 Å². The van der Waals surface area contributed by atoms with Crippen molar-refractivity contribution >= 4 is 22.5 Å². The summed E-state index contributed by atoms with van der Waals surface area (Å²) in [5.74, 6) is -0.0519. The van der Waals surface area contributed by atoms with Gasteiger partial charge in [0.2, 0.25) is 5.91 Å². The zero-order chi connectivity index (χ0) is 15.7. The molecule has 0 radical (unpaired) electrons. The summed E-state index contributed by atoms with van der Waals surface area (Å²) in [4.78, 5) is 27.6. The number of non-ortho nitro benzene ring substituents is 1. The summed E-state index contributed by atoms with van der Waals surface area (Å²) in [5, 5.41) is 20.9. The van der Waals surface area contributed by atoms with E-state index in [1.165, 1.54) is 12.1 Å². The molecule has 0 bridgehead atoms. The van der Waals surface area contributed by atoms with Crippen molar-refractivity contribution in [3.8, 4) is 0 Å². The maximum absolute atomic E-state index is 12.4. The number of rotatable bonds is 4. The minimum Gasteiger partial charge on any atom is -0.394 e. The molecule has 7 heteroatoms. The first-order valence-electron chi connectivity index (χ1n) is 7.25. The van der Waals surface area contributed by atoms with E-state index in [4.69, 9.17) is 0 Å². The number of nitrogens with one attached hydrogen (secondary N) is 1. The van der Waals surface area contributed by atoms with Crippen molar-refractivity contribution in [3.63, 3.8) is 0 Å². The van der Waals surface area contributed by atoms with Crippen molar-refractivity contribution in [1.82, 2.24) is 9.88 Å². The zero-order valence-corrected chi connectivity index (χ0v) is 12.0. The lowest BCUT2D eigenvalue weighted by molar-refractivity contribution is -0.384. The molecule has 2 N–H and O–H groups in total. The van der Waals surface area contributed by atoms with Crippen LogP contribution in [-0.2, 0) is 11.2 Å². The summed E-state index contributed by atoms with van der Waals surface area (Å²) in [6.07, 6.45) is 3.62. The van der Waals surface area contributed by atoms with Gasteiger partial charge in [-0.2, -0.15) is 0 Å². The maximum atomic E-state index is 12.4. The molecule has 0 aliphatic carbocycles. The van der Waals surface area contributed by atoms with Crippen molar-refractivity contribution in [2.24, 2.45) is 0 Å². The van der Waals surface area contributed by atoms with Crippen LogP contribution in [0, 0.1) is 10.1 Å². The lowest BCUT2D eigenvalue weighted by atomic mass is 10.1. The number of aliphatic hydroxyl groups is 1. The largest absolute Gasteiger partial charge is 0.394 e. The molecule has 7 nitrogen and oxygen atoms in total. The third-order valence-electron chi connectivity index (χ3n) is 4.21. The Bertz CT molecular complexity index is 725. The molecule has 1 aliphatic rings. The van der Waals surface area contributed by atoms with Gasteiger partial charge in [-0.1, -0.05) is 0 Å². The number of nitro groups is 1. The first-order chi connectivity index (χ1) is 10.6. The summed E-state index contributed by atoms with van der Waals surface area (Å²) in [5.41, 5.74) is 1.52. The number of carbonyl (C=O) groups is 1. The molecule has 116 valence electrons. The van der Waals surface area contributed by atoms with E-state index in [1.807, 2.05) is 0 Å². The minimum absolute atomic E-state index is 0.00945. The summed E-state index contributed by atoms with van der Waals surface area (Å²) in [6.45, 7) is 0.637. The third kappa shape index (κ3) is 2.55. The Kier molecular flexibility index (Phi) is 3.81. The van der Waals surface area contributed by atoms with E-state index in [0.717, 1.165) is 23.9 Å². The van der Waals surface area contributed by atoms with E-state index in [0.29, 0.717) is 11.9 Å². The quantitative estimate of drug-likeness (QED) is 0.662. The smallest absolute Gasteiger partial charge is 0.270 e. The van der Waals surface area contributed by atoms with Gasteiger partial charge in [0.25, 0.3) is 5.69 Å². The highest BCUT2D eigenvalue weighted by Gasteiger charge is 2.28. The average molecular weight is 303 g/mol. The second-order valence-electron chi connectivity index (χ2n) is 5.54. The molecule has 1 amide bonds. The van der Waals surface area contributed by atoms with Crippen LogP contribution >= 0.6 is 0 Å². The number of amides is 1. The van der Waals surface area contributed by atoms with E-state index in [1.54, 1.807) is 17.2 Å². The number of aromatic amines is 1. The summed E-state index contributed by atoms with van der Waals surface area (Å²) in [6, 6.07) is 4.47. The monoisotopic (exact) mass is 303 g/mol.